The van der Waals surface area contributed by atoms with Gasteiger partial charge in [-0.1, -0.05) is 18.2 Å². The first-order valence-corrected chi connectivity index (χ1v) is 7.28. The molecule has 3 rings (SSSR count). The van der Waals surface area contributed by atoms with Crippen molar-refractivity contribution in [3.8, 4) is 6.07 Å². The third-order valence-corrected chi connectivity index (χ3v) is 3.83. The number of ketones is 1. The number of rotatable bonds is 3. The van der Waals surface area contributed by atoms with E-state index in [2.05, 4.69) is 5.32 Å². The molecule has 0 spiro atoms. The maximum atomic E-state index is 12.5. The Morgan fingerprint density at radius 3 is 2.50 bits per heavy atom. The van der Waals surface area contributed by atoms with Gasteiger partial charge < -0.3 is 8.83 Å². The van der Waals surface area contributed by atoms with Crippen molar-refractivity contribution in [2.45, 2.75) is 20.8 Å². The lowest BCUT2D eigenvalue weighted by molar-refractivity contribution is 0.0992. The average Bonchev–Trinajstić information content (AvgIpc) is 3.04. The average molecular weight is 322 g/mol. The molecule has 3 aromatic rings. The molecule has 1 amide bonds. The first kappa shape index (κ1) is 15.6. The van der Waals surface area contributed by atoms with E-state index < -0.39 is 5.91 Å². The number of Topliss-reactive ketones (excluding diaryl/α,β-unsaturated/α-hetero) is 1. The van der Waals surface area contributed by atoms with Crippen LogP contribution in [-0.2, 0) is 0 Å². The SMILES string of the molecule is CC(=O)c1c(C)oc(NC(=O)c2oc3ccccc3c2C)c1C#N. The Bertz CT molecular complexity index is 1020. The first-order valence-electron chi connectivity index (χ1n) is 7.28. The molecular weight excluding hydrogens is 308 g/mol. The standard InChI is InChI=1S/C18H14N2O4/c1-9-12-6-4-5-7-14(12)24-16(9)17(22)20-18-13(8-19)15(10(2)21)11(3)23-18/h4-7H,1-3H3,(H,20,22). The summed E-state index contributed by atoms with van der Waals surface area (Å²) in [7, 11) is 0. The van der Waals surface area contributed by atoms with E-state index in [-0.39, 0.29) is 34.3 Å². The number of amides is 1. The minimum absolute atomic E-state index is 0.0158. The fourth-order valence-electron chi connectivity index (χ4n) is 2.71. The highest BCUT2D eigenvalue weighted by Crippen LogP contribution is 2.29. The van der Waals surface area contributed by atoms with Crippen LogP contribution in [0.4, 0.5) is 5.88 Å². The fourth-order valence-corrected chi connectivity index (χ4v) is 2.71. The van der Waals surface area contributed by atoms with Crippen LogP contribution in [0.3, 0.4) is 0 Å². The monoisotopic (exact) mass is 322 g/mol. The number of hydrogen-bond donors (Lipinski definition) is 1. The van der Waals surface area contributed by atoms with Crippen molar-refractivity contribution >= 4 is 28.5 Å². The van der Waals surface area contributed by atoms with Gasteiger partial charge in [-0.05, 0) is 26.8 Å². The second-order valence-corrected chi connectivity index (χ2v) is 5.41. The van der Waals surface area contributed by atoms with E-state index in [0.717, 1.165) is 5.39 Å². The number of nitrogens with one attached hydrogen (secondary N) is 1. The summed E-state index contributed by atoms with van der Waals surface area (Å²) in [4.78, 5) is 24.1. The number of nitrogens with zero attached hydrogens (tertiary/aromatic N) is 1. The molecule has 0 aliphatic rings. The van der Waals surface area contributed by atoms with Crippen LogP contribution in [0.2, 0.25) is 0 Å². The molecule has 1 N–H and O–H groups in total. The van der Waals surface area contributed by atoms with E-state index in [1.807, 2.05) is 24.3 Å². The number of benzene rings is 1. The van der Waals surface area contributed by atoms with Gasteiger partial charge in [0.1, 0.15) is 23.0 Å². The zero-order valence-electron chi connectivity index (χ0n) is 13.4. The van der Waals surface area contributed by atoms with Crippen LogP contribution < -0.4 is 5.32 Å². The van der Waals surface area contributed by atoms with Gasteiger partial charge in [0, 0.05) is 10.9 Å². The van der Waals surface area contributed by atoms with Crippen LogP contribution >= 0.6 is 0 Å². The molecule has 120 valence electrons. The zero-order valence-corrected chi connectivity index (χ0v) is 13.4. The molecule has 2 heterocycles. The number of para-hydroxylation sites is 1. The van der Waals surface area contributed by atoms with Crippen molar-refractivity contribution in [2.75, 3.05) is 5.32 Å². The predicted molar refractivity (Wildman–Crippen MR) is 87.1 cm³/mol. The Morgan fingerprint density at radius 2 is 1.88 bits per heavy atom. The maximum Gasteiger partial charge on any atom is 0.294 e. The van der Waals surface area contributed by atoms with Gasteiger partial charge in [0.25, 0.3) is 5.91 Å². The van der Waals surface area contributed by atoms with Crippen LogP contribution in [0.25, 0.3) is 11.0 Å². The number of carbonyl (C=O) groups is 2. The van der Waals surface area contributed by atoms with Crippen molar-refractivity contribution < 1.29 is 18.4 Å². The van der Waals surface area contributed by atoms with E-state index in [0.29, 0.717) is 11.1 Å². The van der Waals surface area contributed by atoms with E-state index in [1.54, 1.807) is 19.9 Å². The van der Waals surface area contributed by atoms with Gasteiger partial charge in [0.2, 0.25) is 5.88 Å². The van der Waals surface area contributed by atoms with Gasteiger partial charge in [0.05, 0.1) is 5.56 Å². The molecule has 0 atom stereocenters. The third kappa shape index (κ3) is 2.36. The van der Waals surface area contributed by atoms with Crippen molar-refractivity contribution in [2.24, 2.45) is 0 Å². The Labute approximate surface area is 137 Å². The van der Waals surface area contributed by atoms with Gasteiger partial charge in [-0.25, -0.2) is 0 Å². The lowest BCUT2D eigenvalue weighted by Crippen LogP contribution is -2.12. The Balaban J connectivity index is 2.01. The fraction of sp³-hybridized carbons (Fsp3) is 0.167. The number of furan rings is 2. The quantitative estimate of drug-likeness (QED) is 0.736. The summed E-state index contributed by atoms with van der Waals surface area (Å²) in [5.74, 6) is -0.462. The lowest BCUT2D eigenvalue weighted by Gasteiger charge is -2.00. The summed E-state index contributed by atoms with van der Waals surface area (Å²) in [5.41, 5.74) is 1.48. The van der Waals surface area contributed by atoms with Crippen molar-refractivity contribution in [3.63, 3.8) is 0 Å². The molecule has 0 radical (unpaired) electrons. The number of aryl methyl sites for hydroxylation is 2. The topological polar surface area (TPSA) is 96.2 Å². The maximum absolute atomic E-state index is 12.5. The van der Waals surface area contributed by atoms with Crippen LogP contribution in [0.15, 0.2) is 33.1 Å². The molecule has 0 unspecified atom stereocenters. The highest BCUT2D eigenvalue weighted by Gasteiger charge is 2.25. The summed E-state index contributed by atoms with van der Waals surface area (Å²) in [5, 5.41) is 12.6. The van der Waals surface area contributed by atoms with Crippen molar-refractivity contribution in [3.05, 3.63) is 52.5 Å². The normalized spacial score (nSPS) is 10.6. The Hall–Kier alpha value is -3.33. The number of carbonyl (C=O) groups excluding carboxylic acids is 2. The third-order valence-electron chi connectivity index (χ3n) is 3.83. The second kappa shape index (κ2) is 5.70. The molecule has 1 aromatic carbocycles. The zero-order chi connectivity index (χ0) is 17.4. The molecular formula is C18H14N2O4. The smallest absolute Gasteiger partial charge is 0.294 e. The number of nitriles is 1. The summed E-state index contributed by atoms with van der Waals surface area (Å²) in [6.07, 6.45) is 0. The van der Waals surface area contributed by atoms with E-state index in [9.17, 15) is 14.9 Å². The van der Waals surface area contributed by atoms with Gasteiger partial charge in [0.15, 0.2) is 11.5 Å². The number of hydrogen-bond acceptors (Lipinski definition) is 5. The molecule has 0 aliphatic carbocycles. The van der Waals surface area contributed by atoms with E-state index in [4.69, 9.17) is 8.83 Å². The van der Waals surface area contributed by atoms with Crippen molar-refractivity contribution in [1.82, 2.24) is 0 Å². The van der Waals surface area contributed by atoms with Gasteiger partial charge in [-0.2, -0.15) is 5.26 Å². The van der Waals surface area contributed by atoms with Crippen molar-refractivity contribution in [1.29, 1.82) is 5.26 Å². The number of anilines is 1. The minimum atomic E-state index is -0.538. The van der Waals surface area contributed by atoms with E-state index >= 15 is 0 Å². The van der Waals surface area contributed by atoms with Gasteiger partial charge >= 0.3 is 0 Å². The molecule has 6 nitrogen and oxygen atoms in total. The highest BCUT2D eigenvalue weighted by molar-refractivity contribution is 6.07. The molecule has 2 aromatic heterocycles. The predicted octanol–water partition coefficient (Wildman–Crippen LogP) is 3.97. The van der Waals surface area contributed by atoms with Crippen LogP contribution in [0.1, 0.15) is 44.7 Å². The van der Waals surface area contributed by atoms with Gasteiger partial charge in [-0.3, -0.25) is 14.9 Å². The largest absolute Gasteiger partial charge is 0.451 e. The molecule has 0 fully saturated rings. The molecule has 0 saturated heterocycles. The van der Waals surface area contributed by atoms with Crippen LogP contribution in [0, 0.1) is 25.2 Å². The first-order chi connectivity index (χ1) is 11.4. The van der Waals surface area contributed by atoms with Crippen LogP contribution in [0.5, 0.6) is 0 Å². The highest BCUT2D eigenvalue weighted by atomic mass is 16.4. The summed E-state index contributed by atoms with van der Waals surface area (Å²) in [6, 6.07) is 9.20. The summed E-state index contributed by atoms with van der Waals surface area (Å²) in [6.45, 7) is 4.69. The molecule has 0 aliphatic heterocycles. The summed E-state index contributed by atoms with van der Waals surface area (Å²) < 4.78 is 11.0. The molecule has 24 heavy (non-hydrogen) atoms. The minimum Gasteiger partial charge on any atom is -0.451 e. The molecule has 0 saturated carbocycles. The number of fused-ring (bicyclic) bond motifs is 1. The lowest BCUT2D eigenvalue weighted by atomic mass is 10.1. The van der Waals surface area contributed by atoms with E-state index in [1.165, 1.54) is 6.92 Å². The van der Waals surface area contributed by atoms with Gasteiger partial charge in [-0.15, -0.1) is 0 Å². The molecule has 0 bridgehead atoms. The second-order valence-electron chi connectivity index (χ2n) is 5.41. The Kier molecular flexibility index (Phi) is 3.70. The summed E-state index contributed by atoms with van der Waals surface area (Å²) >= 11 is 0. The molecule has 6 heteroatoms. The Morgan fingerprint density at radius 1 is 1.17 bits per heavy atom. The van der Waals surface area contributed by atoms with Crippen LogP contribution in [-0.4, -0.2) is 11.7 Å².